The van der Waals surface area contributed by atoms with Crippen molar-refractivity contribution < 1.29 is 18.4 Å². The number of benzene rings is 2. The molecule has 0 aliphatic carbocycles. The summed E-state index contributed by atoms with van der Waals surface area (Å²) in [6.45, 7) is 0.216. The Balaban J connectivity index is 1.56. The molecule has 1 aliphatic rings. The zero-order chi connectivity index (χ0) is 24.5. The standard InChI is InChI=1S/C23H15Cl4F2N3O2/c24-15-8-14(9-16(25)10-15)22(23(27,28)29)11-20(32-34-22)13-4-5-18(19(26)7-13)21(33)31-12-17-3-1-2-6-30-17/h1-10H,11-12H2,(H,31,33). The lowest BCUT2D eigenvalue weighted by Gasteiger charge is -2.31. The normalized spacial score (nSPS) is 17.8. The molecule has 0 spiro atoms. The summed E-state index contributed by atoms with van der Waals surface area (Å²) in [5, 5.41) is 3.13. The molecule has 2 aromatic carbocycles. The Bertz CT molecular complexity index is 1250. The van der Waals surface area contributed by atoms with Crippen molar-refractivity contribution in [3.05, 3.63) is 98.2 Å². The topological polar surface area (TPSA) is 63.6 Å². The van der Waals surface area contributed by atoms with Gasteiger partial charge in [0.05, 0.1) is 28.5 Å². The van der Waals surface area contributed by atoms with Gasteiger partial charge in [-0.05, 0) is 54.1 Å². The molecule has 0 saturated heterocycles. The molecule has 0 saturated carbocycles. The highest BCUT2D eigenvalue weighted by atomic mass is 35.5. The van der Waals surface area contributed by atoms with Crippen LogP contribution in [0.3, 0.4) is 0 Å². The molecular formula is C23H15Cl4F2N3O2. The van der Waals surface area contributed by atoms with E-state index in [1.165, 1.54) is 36.4 Å². The van der Waals surface area contributed by atoms with E-state index in [0.29, 0.717) is 11.3 Å². The molecule has 4 rings (SSSR count). The molecule has 5 nitrogen and oxygen atoms in total. The second-order valence-electron chi connectivity index (χ2n) is 7.49. The summed E-state index contributed by atoms with van der Waals surface area (Å²) in [7, 11) is 0. The van der Waals surface area contributed by atoms with Gasteiger partial charge in [0.15, 0.2) is 0 Å². The van der Waals surface area contributed by atoms with Gasteiger partial charge in [0, 0.05) is 33.8 Å². The number of nitrogens with one attached hydrogen (secondary N) is 1. The number of hydrogen-bond acceptors (Lipinski definition) is 4. The van der Waals surface area contributed by atoms with Gasteiger partial charge in [-0.15, -0.1) is 0 Å². The summed E-state index contributed by atoms with van der Waals surface area (Å²) in [5.41, 5.74) is -0.915. The molecule has 1 aliphatic heterocycles. The maximum Gasteiger partial charge on any atom is 0.367 e. The van der Waals surface area contributed by atoms with Gasteiger partial charge in [-0.2, -0.15) is 8.78 Å². The third-order valence-corrected chi connectivity index (χ3v) is 6.27. The van der Waals surface area contributed by atoms with E-state index in [2.05, 4.69) is 15.5 Å². The molecule has 0 bridgehead atoms. The maximum absolute atomic E-state index is 14.6. The molecule has 11 heteroatoms. The van der Waals surface area contributed by atoms with E-state index >= 15 is 0 Å². The minimum Gasteiger partial charge on any atom is -0.376 e. The van der Waals surface area contributed by atoms with Crippen LogP contribution in [-0.4, -0.2) is 22.0 Å². The number of aromatic nitrogens is 1. The van der Waals surface area contributed by atoms with E-state index in [9.17, 15) is 13.6 Å². The Kier molecular flexibility index (Phi) is 7.01. The maximum atomic E-state index is 14.6. The van der Waals surface area contributed by atoms with Crippen LogP contribution in [0, 0.1) is 0 Å². The molecule has 0 radical (unpaired) electrons. The van der Waals surface area contributed by atoms with E-state index in [-0.39, 0.29) is 44.9 Å². The van der Waals surface area contributed by atoms with Gasteiger partial charge in [0.2, 0.25) is 5.60 Å². The van der Waals surface area contributed by atoms with Crippen LogP contribution in [0.1, 0.15) is 33.6 Å². The lowest BCUT2D eigenvalue weighted by atomic mass is 9.87. The first-order valence-corrected chi connectivity index (χ1v) is 11.4. The summed E-state index contributed by atoms with van der Waals surface area (Å²) >= 11 is 23.8. The molecule has 0 fully saturated rings. The second-order valence-corrected chi connectivity index (χ2v) is 9.24. The number of amides is 1. The predicted molar refractivity (Wildman–Crippen MR) is 128 cm³/mol. The van der Waals surface area contributed by atoms with Crippen LogP contribution in [0.25, 0.3) is 0 Å². The number of hydrogen-bond donors (Lipinski definition) is 1. The van der Waals surface area contributed by atoms with Crippen LogP contribution in [-0.2, 0) is 17.0 Å². The molecule has 2 heterocycles. The minimum atomic E-state index is -3.85. The zero-order valence-electron chi connectivity index (χ0n) is 17.2. The fraction of sp³-hybridized carbons (Fsp3) is 0.174. The van der Waals surface area contributed by atoms with Gasteiger partial charge in [-0.1, -0.05) is 52.1 Å². The molecule has 1 amide bonds. The third kappa shape index (κ3) is 4.98. The molecule has 1 unspecified atom stereocenters. The quantitative estimate of drug-likeness (QED) is 0.346. The first kappa shape index (κ1) is 24.7. The lowest BCUT2D eigenvalue weighted by Crippen LogP contribution is -2.42. The fourth-order valence-electron chi connectivity index (χ4n) is 3.49. The molecule has 34 heavy (non-hydrogen) atoms. The van der Waals surface area contributed by atoms with Crippen molar-refractivity contribution in [2.45, 2.75) is 23.9 Å². The van der Waals surface area contributed by atoms with Crippen molar-refractivity contribution in [1.82, 2.24) is 10.3 Å². The predicted octanol–water partition coefficient (Wildman–Crippen LogP) is 6.82. The highest BCUT2D eigenvalue weighted by molar-refractivity contribution is 6.35. The van der Waals surface area contributed by atoms with Crippen molar-refractivity contribution in [3.63, 3.8) is 0 Å². The molecule has 1 aromatic heterocycles. The molecule has 3 aromatic rings. The number of halogens is 6. The van der Waals surface area contributed by atoms with Gasteiger partial charge in [0.25, 0.3) is 5.91 Å². The Hall–Kier alpha value is -2.45. The van der Waals surface area contributed by atoms with Crippen molar-refractivity contribution in [3.8, 4) is 0 Å². The average molecular weight is 545 g/mol. The Morgan fingerprint density at radius 3 is 2.44 bits per heavy atom. The van der Waals surface area contributed by atoms with E-state index in [1.807, 2.05) is 6.07 Å². The molecule has 1 N–H and O–H groups in total. The average Bonchev–Trinajstić information content (AvgIpc) is 3.25. The zero-order valence-corrected chi connectivity index (χ0v) is 20.2. The smallest absolute Gasteiger partial charge is 0.367 e. The Morgan fingerprint density at radius 1 is 1.09 bits per heavy atom. The highest BCUT2D eigenvalue weighted by Crippen LogP contribution is 2.51. The van der Waals surface area contributed by atoms with Gasteiger partial charge < -0.3 is 10.2 Å². The van der Waals surface area contributed by atoms with E-state index in [0.717, 1.165) is 0 Å². The van der Waals surface area contributed by atoms with Gasteiger partial charge in [-0.3, -0.25) is 9.78 Å². The molecular weight excluding hydrogens is 530 g/mol. The van der Waals surface area contributed by atoms with Crippen molar-refractivity contribution in [2.24, 2.45) is 5.16 Å². The van der Waals surface area contributed by atoms with Crippen molar-refractivity contribution in [1.29, 1.82) is 0 Å². The number of nitrogens with zero attached hydrogens (tertiary/aromatic N) is 2. The van der Waals surface area contributed by atoms with Crippen LogP contribution in [0.4, 0.5) is 8.78 Å². The third-order valence-electron chi connectivity index (χ3n) is 5.22. The van der Waals surface area contributed by atoms with Crippen LogP contribution >= 0.6 is 46.4 Å². The number of oxime groups is 1. The first-order valence-electron chi connectivity index (χ1n) is 9.85. The molecule has 176 valence electrons. The monoisotopic (exact) mass is 543 g/mol. The minimum absolute atomic E-state index is 0.0274. The van der Waals surface area contributed by atoms with Gasteiger partial charge in [0.1, 0.15) is 0 Å². The van der Waals surface area contributed by atoms with E-state index in [1.54, 1.807) is 18.3 Å². The number of carbonyl (C=O) groups is 1. The van der Waals surface area contributed by atoms with Gasteiger partial charge in [-0.25, -0.2) is 0 Å². The number of carbonyl (C=O) groups excluding carboxylic acids is 1. The van der Waals surface area contributed by atoms with Crippen LogP contribution < -0.4 is 5.32 Å². The summed E-state index contributed by atoms with van der Waals surface area (Å²) in [6, 6.07) is 13.8. The van der Waals surface area contributed by atoms with Crippen LogP contribution in [0.5, 0.6) is 0 Å². The van der Waals surface area contributed by atoms with E-state index in [4.69, 9.17) is 51.2 Å². The van der Waals surface area contributed by atoms with Crippen molar-refractivity contribution in [2.75, 3.05) is 0 Å². The highest BCUT2D eigenvalue weighted by Gasteiger charge is 2.60. The summed E-state index contributed by atoms with van der Waals surface area (Å²) in [4.78, 5) is 21.9. The Morgan fingerprint density at radius 2 is 1.82 bits per heavy atom. The van der Waals surface area contributed by atoms with Crippen molar-refractivity contribution >= 4 is 58.0 Å². The van der Waals surface area contributed by atoms with Crippen LogP contribution in [0.2, 0.25) is 15.1 Å². The first-order chi connectivity index (χ1) is 16.1. The van der Waals surface area contributed by atoms with Crippen LogP contribution in [0.15, 0.2) is 65.9 Å². The SMILES string of the molecule is O=C(NCc1ccccn1)c1ccc(C2=NOC(c3cc(Cl)cc(Cl)c3)(C(F)(F)Cl)C2)cc1Cl. The molecule has 1 atom stereocenters. The number of rotatable bonds is 6. The fourth-order valence-corrected chi connectivity index (χ4v) is 4.50. The largest absolute Gasteiger partial charge is 0.376 e. The number of pyridine rings is 1. The second kappa shape index (κ2) is 9.66. The number of alkyl halides is 3. The summed E-state index contributed by atoms with van der Waals surface area (Å²) < 4.78 is 29.2. The van der Waals surface area contributed by atoms with Gasteiger partial charge >= 0.3 is 5.38 Å². The lowest BCUT2D eigenvalue weighted by molar-refractivity contribution is -0.155. The van der Waals surface area contributed by atoms with E-state index < -0.39 is 16.9 Å². The summed E-state index contributed by atoms with van der Waals surface area (Å²) in [6.07, 6.45) is 1.23. The Labute approximate surface area is 213 Å². The summed E-state index contributed by atoms with van der Waals surface area (Å²) in [5.74, 6) is -0.415.